The third kappa shape index (κ3) is 5.50. The van der Waals surface area contributed by atoms with Gasteiger partial charge in [-0.3, -0.25) is 4.79 Å². The number of benzene rings is 1. The first-order valence-electron chi connectivity index (χ1n) is 9.20. The number of anilines is 2. The number of rotatable bonds is 10. The maximum Gasteiger partial charge on any atom is 0.341 e. The Hall–Kier alpha value is -3.08. The molecule has 1 amide bonds. The van der Waals surface area contributed by atoms with Crippen LogP contribution in [-0.2, 0) is 9.53 Å². The van der Waals surface area contributed by atoms with Crippen molar-refractivity contribution in [1.29, 1.82) is 5.26 Å². The maximum atomic E-state index is 12.6. The van der Waals surface area contributed by atoms with Gasteiger partial charge < -0.3 is 15.0 Å². The highest BCUT2D eigenvalue weighted by atomic mass is 35.5. The van der Waals surface area contributed by atoms with Crippen LogP contribution < -0.4 is 10.2 Å². The number of ether oxygens (including phenoxy) is 1. The molecule has 1 N–H and O–H groups in total. The summed E-state index contributed by atoms with van der Waals surface area (Å²) in [5, 5.41) is 11.6. The van der Waals surface area contributed by atoms with E-state index in [4.69, 9.17) is 21.6 Å². The Balaban J connectivity index is 2.49. The van der Waals surface area contributed by atoms with Crippen molar-refractivity contribution in [2.75, 3.05) is 29.9 Å². The minimum Gasteiger partial charge on any atom is -0.462 e. The fourth-order valence-corrected chi connectivity index (χ4v) is 4.21. The van der Waals surface area contributed by atoms with Crippen molar-refractivity contribution in [3.63, 3.8) is 0 Å². The zero-order valence-electron chi connectivity index (χ0n) is 16.6. The van der Waals surface area contributed by atoms with Crippen molar-refractivity contribution in [2.45, 2.75) is 13.3 Å². The van der Waals surface area contributed by atoms with E-state index in [0.717, 1.165) is 17.0 Å². The van der Waals surface area contributed by atoms with Crippen molar-refractivity contribution in [1.82, 2.24) is 0 Å². The molecular formula is C22H22ClN3O3S. The maximum absolute atomic E-state index is 12.6. The molecule has 0 atom stereocenters. The molecule has 1 aromatic carbocycles. The van der Waals surface area contributed by atoms with Crippen LogP contribution in [0.3, 0.4) is 0 Å². The van der Waals surface area contributed by atoms with Crippen LogP contribution in [0.4, 0.5) is 10.7 Å². The van der Waals surface area contributed by atoms with Gasteiger partial charge in [-0.2, -0.15) is 5.26 Å². The highest BCUT2D eigenvalue weighted by molar-refractivity contribution is 7.21. The van der Waals surface area contributed by atoms with Gasteiger partial charge in [-0.05, 0) is 24.6 Å². The summed E-state index contributed by atoms with van der Waals surface area (Å²) in [6.07, 6.45) is 3.29. The molecule has 0 radical (unpaired) electrons. The number of hydrogen-bond acceptors (Lipinski definition) is 6. The van der Waals surface area contributed by atoms with Gasteiger partial charge in [0.05, 0.1) is 12.7 Å². The molecule has 0 spiro atoms. The molecule has 30 heavy (non-hydrogen) atoms. The largest absolute Gasteiger partial charge is 0.462 e. The normalized spacial score (nSPS) is 10.0. The molecule has 0 fully saturated rings. The molecule has 6 nitrogen and oxygen atoms in total. The van der Waals surface area contributed by atoms with Crippen molar-refractivity contribution in [3.05, 3.63) is 59.5 Å². The van der Waals surface area contributed by atoms with Crippen LogP contribution in [0.2, 0.25) is 4.34 Å². The first kappa shape index (κ1) is 23.2. The predicted octanol–water partition coefficient (Wildman–Crippen LogP) is 5.28. The molecular weight excluding hydrogens is 422 g/mol. The van der Waals surface area contributed by atoms with Crippen LogP contribution in [-0.4, -0.2) is 31.6 Å². The lowest BCUT2D eigenvalue weighted by Crippen LogP contribution is -2.22. The number of carbonyl (C=O) groups is 2. The third-order valence-corrected chi connectivity index (χ3v) is 5.37. The summed E-state index contributed by atoms with van der Waals surface area (Å²) in [6, 6.07) is 9.32. The summed E-state index contributed by atoms with van der Waals surface area (Å²) in [7, 11) is 0. The highest BCUT2D eigenvalue weighted by Crippen LogP contribution is 2.44. The van der Waals surface area contributed by atoms with Crippen LogP contribution in [0.1, 0.15) is 23.7 Å². The van der Waals surface area contributed by atoms with Crippen molar-refractivity contribution in [3.8, 4) is 17.2 Å². The molecule has 0 unspecified atom stereocenters. The zero-order valence-corrected chi connectivity index (χ0v) is 18.2. The first-order chi connectivity index (χ1) is 14.5. The summed E-state index contributed by atoms with van der Waals surface area (Å²) < 4.78 is 5.51. The van der Waals surface area contributed by atoms with Gasteiger partial charge in [0.25, 0.3) is 0 Å². The van der Waals surface area contributed by atoms with Crippen LogP contribution in [0.5, 0.6) is 0 Å². The minimum atomic E-state index is -0.591. The van der Waals surface area contributed by atoms with Gasteiger partial charge in [0.15, 0.2) is 0 Å². The minimum absolute atomic E-state index is 0.175. The summed E-state index contributed by atoms with van der Waals surface area (Å²) >= 11 is 7.51. The van der Waals surface area contributed by atoms with Crippen molar-refractivity contribution in [2.24, 2.45) is 0 Å². The molecule has 0 bridgehead atoms. The van der Waals surface area contributed by atoms with E-state index in [2.05, 4.69) is 23.4 Å². The number of nitrogens with zero attached hydrogens (tertiary/aromatic N) is 2. The van der Waals surface area contributed by atoms with E-state index in [1.54, 1.807) is 13.0 Å². The molecule has 8 heteroatoms. The molecule has 2 aromatic rings. The zero-order chi connectivity index (χ0) is 22.1. The summed E-state index contributed by atoms with van der Waals surface area (Å²) in [6.45, 7) is 10.7. The number of nitrogens with one attached hydrogen (secondary N) is 1. The van der Waals surface area contributed by atoms with Crippen LogP contribution in [0, 0.1) is 11.3 Å². The molecule has 0 aliphatic rings. The van der Waals surface area contributed by atoms with E-state index in [0.29, 0.717) is 28.6 Å². The Morgan fingerprint density at radius 2 is 1.90 bits per heavy atom. The van der Waals surface area contributed by atoms with Gasteiger partial charge in [0.2, 0.25) is 5.91 Å². The number of nitriles is 1. The molecule has 0 aliphatic heterocycles. The molecule has 0 saturated heterocycles. The van der Waals surface area contributed by atoms with E-state index < -0.39 is 11.9 Å². The van der Waals surface area contributed by atoms with Crippen LogP contribution in [0.25, 0.3) is 11.1 Å². The van der Waals surface area contributed by atoms with Crippen LogP contribution >= 0.6 is 22.9 Å². The fraction of sp³-hybridized carbons (Fsp3) is 0.227. The van der Waals surface area contributed by atoms with E-state index >= 15 is 0 Å². The number of carbonyl (C=O) groups excluding carboxylic acids is 2. The Bertz CT molecular complexity index is 967. The Morgan fingerprint density at radius 1 is 1.27 bits per heavy atom. The topological polar surface area (TPSA) is 82.4 Å². The van der Waals surface area contributed by atoms with Gasteiger partial charge in [-0.1, -0.05) is 35.9 Å². The quantitative estimate of drug-likeness (QED) is 0.399. The van der Waals surface area contributed by atoms with Crippen LogP contribution in [0.15, 0.2) is 49.6 Å². The smallest absolute Gasteiger partial charge is 0.341 e. The van der Waals surface area contributed by atoms with E-state index in [9.17, 15) is 9.59 Å². The summed E-state index contributed by atoms with van der Waals surface area (Å²) in [5.41, 5.74) is 2.34. The average molecular weight is 444 g/mol. The second-order valence-corrected chi connectivity index (χ2v) is 7.71. The second kappa shape index (κ2) is 11.2. The monoisotopic (exact) mass is 443 g/mol. The highest BCUT2D eigenvalue weighted by Gasteiger charge is 2.26. The van der Waals surface area contributed by atoms with Gasteiger partial charge >= 0.3 is 5.97 Å². The lowest BCUT2D eigenvalue weighted by Gasteiger charge is -2.21. The molecule has 2 rings (SSSR count). The Kier molecular flexibility index (Phi) is 8.66. The number of halogens is 1. The van der Waals surface area contributed by atoms with Gasteiger partial charge in [0, 0.05) is 24.3 Å². The van der Waals surface area contributed by atoms with Gasteiger partial charge in [-0.15, -0.1) is 24.5 Å². The number of hydrogen-bond donors (Lipinski definition) is 1. The molecule has 1 aromatic heterocycles. The van der Waals surface area contributed by atoms with Crippen molar-refractivity contribution < 1.29 is 14.3 Å². The molecule has 0 aliphatic carbocycles. The van der Waals surface area contributed by atoms with Crippen molar-refractivity contribution >= 4 is 45.5 Å². The van der Waals surface area contributed by atoms with E-state index in [1.165, 1.54) is 0 Å². The summed E-state index contributed by atoms with van der Waals surface area (Å²) in [4.78, 5) is 26.6. The number of amides is 1. The first-order valence-corrected chi connectivity index (χ1v) is 10.4. The van der Waals surface area contributed by atoms with Gasteiger partial charge in [0.1, 0.15) is 21.3 Å². The Morgan fingerprint density at radius 3 is 2.43 bits per heavy atom. The SMILES string of the molecule is C=CCN(CC=C)c1ccc(-c2c(Cl)sc(NC(=O)CC#N)c2C(=O)OCC)cc1. The predicted molar refractivity (Wildman–Crippen MR) is 122 cm³/mol. The lowest BCUT2D eigenvalue weighted by molar-refractivity contribution is -0.115. The average Bonchev–Trinajstić information content (AvgIpc) is 3.04. The Labute approximate surface area is 185 Å². The fourth-order valence-electron chi connectivity index (χ4n) is 2.83. The second-order valence-electron chi connectivity index (χ2n) is 6.09. The standard InChI is InChI=1S/C22H22ClN3O3S/c1-4-13-26(14-5-2)16-9-7-15(8-10-16)18-19(22(28)29-6-3)21(30-20(18)23)25-17(27)11-12-24/h4-5,7-10H,1-2,6,11,13-14H2,3H3,(H,25,27). The molecule has 1 heterocycles. The number of thiophene rings is 1. The lowest BCUT2D eigenvalue weighted by atomic mass is 10.0. The van der Waals surface area contributed by atoms with E-state index in [-0.39, 0.29) is 23.6 Å². The summed E-state index contributed by atoms with van der Waals surface area (Å²) in [5.74, 6) is -1.11. The molecule has 0 saturated carbocycles. The van der Waals surface area contributed by atoms with Gasteiger partial charge in [-0.25, -0.2) is 4.79 Å². The third-order valence-electron chi connectivity index (χ3n) is 4.06. The van der Waals surface area contributed by atoms with E-state index in [1.807, 2.05) is 36.4 Å². The number of esters is 1. The molecule has 156 valence electrons.